The van der Waals surface area contributed by atoms with Gasteiger partial charge in [0.15, 0.2) is 0 Å². The average Bonchev–Trinajstić information content (AvgIpc) is 2.18. The molecule has 0 saturated carbocycles. The molecule has 0 aliphatic rings. The molecule has 0 radical (unpaired) electrons. The van der Waals surface area contributed by atoms with E-state index < -0.39 is 41.9 Å². The Morgan fingerprint density at radius 2 is 2.00 bits per heavy atom. The van der Waals surface area contributed by atoms with Crippen LogP contribution < -0.4 is 0 Å². The van der Waals surface area contributed by atoms with Gasteiger partial charge < -0.3 is 5.11 Å². The molecule has 1 rings (SSSR count). The van der Waals surface area contributed by atoms with E-state index in [1.54, 1.807) is 0 Å². The SMILES string of the molecule is Cc1c(C(F)F)cc(C(F)(F)F)nc1CC(=O)O. The van der Waals surface area contributed by atoms with Crippen molar-refractivity contribution in [2.75, 3.05) is 0 Å². The van der Waals surface area contributed by atoms with Gasteiger partial charge in [-0.1, -0.05) is 0 Å². The highest BCUT2D eigenvalue weighted by Crippen LogP contribution is 2.33. The van der Waals surface area contributed by atoms with E-state index in [9.17, 15) is 26.7 Å². The van der Waals surface area contributed by atoms with Gasteiger partial charge in [-0.05, 0) is 18.6 Å². The molecule has 1 N–H and O–H groups in total. The minimum absolute atomic E-state index is 0.236. The van der Waals surface area contributed by atoms with Crippen LogP contribution in [0.1, 0.15) is 28.9 Å². The minimum Gasteiger partial charge on any atom is -0.481 e. The Balaban J connectivity index is 3.41. The topological polar surface area (TPSA) is 50.2 Å². The van der Waals surface area contributed by atoms with Crippen LogP contribution >= 0.6 is 0 Å². The number of hydrogen-bond acceptors (Lipinski definition) is 2. The number of nitrogens with zero attached hydrogens (tertiary/aromatic N) is 1. The number of hydrogen-bond donors (Lipinski definition) is 1. The summed E-state index contributed by atoms with van der Waals surface area (Å²) in [7, 11) is 0. The Morgan fingerprint density at radius 3 is 2.39 bits per heavy atom. The van der Waals surface area contributed by atoms with Crippen molar-refractivity contribution in [1.82, 2.24) is 4.98 Å². The quantitative estimate of drug-likeness (QED) is 0.858. The van der Waals surface area contributed by atoms with E-state index in [0.717, 1.165) is 6.92 Å². The predicted octanol–water partition coefficient (Wildman–Crippen LogP) is 2.97. The van der Waals surface area contributed by atoms with Crippen molar-refractivity contribution in [3.63, 3.8) is 0 Å². The van der Waals surface area contributed by atoms with Crippen LogP contribution in [0.5, 0.6) is 0 Å². The molecule has 1 aromatic heterocycles. The lowest BCUT2D eigenvalue weighted by atomic mass is 10.0. The van der Waals surface area contributed by atoms with Gasteiger partial charge in [0.1, 0.15) is 5.69 Å². The molecule has 0 saturated heterocycles. The van der Waals surface area contributed by atoms with Crippen molar-refractivity contribution in [3.8, 4) is 0 Å². The molecule has 0 fully saturated rings. The van der Waals surface area contributed by atoms with Gasteiger partial charge in [0.05, 0.1) is 12.1 Å². The van der Waals surface area contributed by atoms with Gasteiger partial charge in [0.2, 0.25) is 0 Å². The largest absolute Gasteiger partial charge is 0.481 e. The first-order valence-corrected chi connectivity index (χ1v) is 4.70. The highest BCUT2D eigenvalue weighted by molar-refractivity contribution is 5.70. The molecule has 0 aromatic carbocycles. The van der Waals surface area contributed by atoms with Crippen molar-refractivity contribution in [2.45, 2.75) is 25.9 Å². The monoisotopic (exact) mass is 269 g/mol. The highest BCUT2D eigenvalue weighted by Gasteiger charge is 2.35. The first-order valence-electron chi connectivity index (χ1n) is 4.70. The van der Waals surface area contributed by atoms with Gasteiger partial charge in [-0.25, -0.2) is 13.8 Å². The normalized spacial score (nSPS) is 11.9. The summed E-state index contributed by atoms with van der Waals surface area (Å²) >= 11 is 0. The molecule has 100 valence electrons. The number of carboxylic acids is 1. The lowest BCUT2D eigenvalue weighted by Gasteiger charge is -2.13. The van der Waals surface area contributed by atoms with Crippen molar-refractivity contribution in [3.05, 3.63) is 28.6 Å². The molecule has 18 heavy (non-hydrogen) atoms. The summed E-state index contributed by atoms with van der Waals surface area (Å²) < 4.78 is 62.4. The number of halogens is 5. The summed E-state index contributed by atoms with van der Waals surface area (Å²) in [6.45, 7) is 1.12. The van der Waals surface area contributed by atoms with E-state index in [2.05, 4.69) is 4.98 Å². The fraction of sp³-hybridized carbons (Fsp3) is 0.400. The lowest BCUT2D eigenvalue weighted by molar-refractivity contribution is -0.142. The minimum atomic E-state index is -4.90. The predicted molar refractivity (Wildman–Crippen MR) is 50.3 cm³/mol. The maximum atomic E-state index is 12.6. The summed E-state index contributed by atoms with van der Waals surface area (Å²) in [5.41, 5.74) is -3.11. The molecule has 0 amide bonds. The first-order chi connectivity index (χ1) is 8.12. The molecule has 1 heterocycles. The molecule has 0 atom stereocenters. The fourth-order valence-electron chi connectivity index (χ4n) is 1.37. The van der Waals surface area contributed by atoms with E-state index in [1.807, 2.05) is 0 Å². The summed E-state index contributed by atoms with van der Waals surface area (Å²) in [4.78, 5) is 13.5. The highest BCUT2D eigenvalue weighted by atomic mass is 19.4. The number of pyridine rings is 1. The Morgan fingerprint density at radius 1 is 1.44 bits per heavy atom. The van der Waals surface area contributed by atoms with E-state index in [-0.39, 0.29) is 11.6 Å². The number of carboxylic acid groups (broad SMARTS) is 1. The van der Waals surface area contributed by atoms with Gasteiger partial charge in [0, 0.05) is 5.56 Å². The number of carbonyl (C=O) groups is 1. The molecule has 1 aromatic rings. The van der Waals surface area contributed by atoms with Crippen LogP contribution in [0.25, 0.3) is 0 Å². The second kappa shape index (κ2) is 4.87. The Hall–Kier alpha value is -1.73. The molecular formula is C10H8F5NO2. The zero-order valence-electron chi connectivity index (χ0n) is 9.05. The number of aliphatic carboxylic acids is 1. The molecular weight excluding hydrogens is 261 g/mol. The molecule has 3 nitrogen and oxygen atoms in total. The molecule has 0 aliphatic heterocycles. The second-order valence-electron chi connectivity index (χ2n) is 3.54. The average molecular weight is 269 g/mol. The zero-order valence-corrected chi connectivity index (χ0v) is 9.05. The number of aromatic nitrogens is 1. The van der Waals surface area contributed by atoms with Crippen molar-refractivity contribution in [2.24, 2.45) is 0 Å². The fourth-order valence-corrected chi connectivity index (χ4v) is 1.37. The van der Waals surface area contributed by atoms with Crippen LogP contribution in [0.4, 0.5) is 22.0 Å². The van der Waals surface area contributed by atoms with Gasteiger partial charge in [-0.2, -0.15) is 13.2 Å². The van der Waals surface area contributed by atoms with E-state index in [0.29, 0.717) is 0 Å². The van der Waals surface area contributed by atoms with Crippen LogP contribution in [0.2, 0.25) is 0 Å². The van der Waals surface area contributed by atoms with Crippen molar-refractivity contribution in [1.29, 1.82) is 0 Å². The Labute approximate surface area is 98.3 Å². The Bertz CT molecular complexity index is 470. The summed E-state index contributed by atoms with van der Waals surface area (Å²) in [5.74, 6) is -1.44. The van der Waals surface area contributed by atoms with E-state index >= 15 is 0 Å². The van der Waals surface area contributed by atoms with Crippen LogP contribution in [0, 0.1) is 6.92 Å². The van der Waals surface area contributed by atoms with Gasteiger partial charge in [-0.3, -0.25) is 4.79 Å². The van der Waals surface area contributed by atoms with E-state index in [1.165, 1.54) is 0 Å². The van der Waals surface area contributed by atoms with Crippen LogP contribution in [0.3, 0.4) is 0 Å². The van der Waals surface area contributed by atoms with Crippen LogP contribution in [0.15, 0.2) is 6.07 Å². The third-order valence-electron chi connectivity index (χ3n) is 2.26. The molecule has 0 unspecified atom stereocenters. The third-order valence-corrected chi connectivity index (χ3v) is 2.26. The van der Waals surface area contributed by atoms with Gasteiger partial charge in [0.25, 0.3) is 6.43 Å². The van der Waals surface area contributed by atoms with Crippen LogP contribution in [-0.4, -0.2) is 16.1 Å². The standard InChI is InChI=1S/C10H8F5NO2/c1-4-5(9(11)12)2-7(10(13,14)15)16-6(4)3-8(17)18/h2,9H,3H2,1H3,(H,17,18). The second-order valence-corrected chi connectivity index (χ2v) is 3.54. The zero-order chi connectivity index (χ0) is 14.1. The summed E-state index contributed by atoms with van der Waals surface area (Å²) in [6.07, 6.45) is -8.86. The molecule has 0 aliphatic carbocycles. The molecule has 8 heteroatoms. The van der Waals surface area contributed by atoms with Gasteiger partial charge in [-0.15, -0.1) is 0 Å². The number of rotatable bonds is 3. The maximum Gasteiger partial charge on any atom is 0.433 e. The van der Waals surface area contributed by atoms with Crippen molar-refractivity contribution < 1.29 is 31.9 Å². The van der Waals surface area contributed by atoms with Gasteiger partial charge >= 0.3 is 12.1 Å². The summed E-state index contributed by atoms with van der Waals surface area (Å²) in [6, 6.07) is 0.241. The molecule has 0 bridgehead atoms. The first kappa shape index (κ1) is 14.3. The maximum absolute atomic E-state index is 12.6. The van der Waals surface area contributed by atoms with Crippen molar-refractivity contribution >= 4 is 5.97 Å². The smallest absolute Gasteiger partial charge is 0.433 e. The third kappa shape index (κ3) is 3.14. The number of alkyl halides is 5. The van der Waals surface area contributed by atoms with E-state index in [4.69, 9.17) is 5.11 Å². The molecule has 0 spiro atoms. The van der Waals surface area contributed by atoms with Crippen LogP contribution in [-0.2, 0) is 17.4 Å². The lowest BCUT2D eigenvalue weighted by Crippen LogP contribution is -2.15. The summed E-state index contributed by atoms with van der Waals surface area (Å²) in [5, 5.41) is 8.51. The Kier molecular flexibility index (Phi) is 3.88.